The van der Waals surface area contributed by atoms with Crippen molar-refractivity contribution in [2.24, 2.45) is 5.92 Å². The first-order valence-corrected chi connectivity index (χ1v) is 7.35. The van der Waals surface area contributed by atoms with E-state index in [1.807, 2.05) is 6.92 Å². The molecule has 1 aliphatic rings. The summed E-state index contributed by atoms with van der Waals surface area (Å²) in [5.74, 6) is 0.116. The van der Waals surface area contributed by atoms with E-state index >= 15 is 0 Å². The van der Waals surface area contributed by atoms with E-state index in [4.69, 9.17) is 0 Å². The molecule has 0 aromatic carbocycles. The van der Waals surface area contributed by atoms with Gasteiger partial charge in [-0.25, -0.2) is 8.42 Å². The second kappa shape index (κ2) is 5.14. The van der Waals surface area contributed by atoms with Crippen molar-refractivity contribution in [3.05, 3.63) is 0 Å². The third-order valence-corrected chi connectivity index (χ3v) is 4.68. The Bertz CT molecular complexity index is 353. The highest BCUT2D eigenvalue weighted by atomic mass is 32.2. The molecule has 1 amide bonds. The lowest BCUT2D eigenvalue weighted by molar-refractivity contribution is -0.136. The summed E-state index contributed by atoms with van der Waals surface area (Å²) in [5.41, 5.74) is 0. The van der Waals surface area contributed by atoms with E-state index in [9.17, 15) is 13.2 Å². The molecule has 16 heavy (non-hydrogen) atoms. The summed E-state index contributed by atoms with van der Waals surface area (Å²) in [5, 5.41) is 2.95. The summed E-state index contributed by atoms with van der Waals surface area (Å²) in [6.45, 7) is 4.60. The largest absolute Gasteiger partial charge is 0.338 e. The molecule has 5 nitrogen and oxygen atoms in total. The van der Waals surface area contributed by atoms with Crippen molar-refractivity contribution in [1.82, 2.24) is 10.2 Å². The van der Waals surface area contributed by atoms with Crippen molar-refractivity contribution < 1.29 is 13.2 Å². The number of nitrogens with one attached hydrogen (secondary N) is 1. The minimum Gasteiger partial charge on any atom is -0.338 e. The molecule has 0 aromatic heterocycles. The molecule has 0 saturated carbocycles. The summed E-state index contributed by atoms with van der Waals surface area (Å²) in [7, 11) is -1.15. The molecular weight excluding hydrogens is 228 g/mol. The zero-order valence-electron chi connectivity index (χ0n) is 10.1. The van der Waals surface area contributed by atoms with Crippen LogP contribution in [0, 0.1) is 5.92 Å². The van der Waals surface area contributed by atoms with Gasteiger partial charge in [0.1, 0.15) is 0 Å². The van der Waals surface area contributed by atoms with Gasteiger partial charge in [0.2, 0.25) is 5.91 Å². The maximum Gasteiger partial charge on any atom is 0.226 e. The van der Waals surface area contributed by atoms with Crippen LogP contribution in [0.25, 0.3) is 0 Å². The zero-order chi connectivity index (χ0) is 12.3. The zero-order valence-corrected chi connectivity index (χ0v) is 10.9. The van der Waals surface area contributed by atoms with Crippen LogP contribution in [-0.2, 0) is 14.6 Å². The molecule has 0 spiro atoms. The van der Waals surface area contributed by atoms with Gasteiger partial charge in [-0.05, 0) is 14.0 Å². The molecule has 2 unspecified atom stereocenters. The second-order valence-electron chi connectivity index (χ2n) is 4.45. The van der Waals surface area contributed by atoms with Crippen LogP contribution in [-0.4, -0.2) is 56.9 Å². The molecule has 1 N–H and O–H groups in total. The Kier molecular flexibility index (Phi) is 4.32. The van der Waals surface area contributed by atoms with E-state index in [0.29, 0.717) is 13.1 Å². The molecule has 1 saturated heterocycles. The Morgan fingerprint density at radius 2 is 2.19 bits per heavy atom. The highest BCUT2D eigenvalue weighted by Crippen LogP contribution is 2.14. The summed E-state index contributed by atoms with van der Waals surface area (Å²) in [6, 6.07) is -0.203. The summed E-state index contributed by atoms with van der Waals surface area (Å²) in [4.78, 5) is 13.7. The maximum atomic E-state index is 12.0. The average Bonchev–Trinajstić information content (AvgIpc) is 2.16. The van der Waals surface area contributed by atoms with Crippen LogP contribution in [0.1, 0.15) is 13.8 Å². The van der Waals surface area contributed by atoms with Crippen LogP contribution < -0.4 is 5.32 Å². The van der Waals surface area contributed by atoms with Gasteiger partial charge in [0.05, 0.1) is 11.5 Å². The van der Waals surface area contributed by atoms with E-state index < -0.39 is 9.84 Å². The lowest BCUT2D eigenvalue weighted by Gasteiger charge is -2.35. The standard InChI is InChI=1S/C10H20N2O3S/c1-8(6-11-3)10(13)12-4-5-16(14,15)7-9(12)2/h8-9,11H,4-7H2,1-3H3. The Hall–Kier alpha value is -0.620. The summed E-state index contributed by atoms with van der Waals surface area (Å²) < 4.78 is 22.7. The van der Waals surface area contributed by atoms with Gasteiger partial charge in [0.25, 0.3) is 0 Å². The number of hydrogen-bond donors (Lipinski definition) is 1. The minimum atomic E-state index is -2.95. The van der Waals surface area contributed by atoms with Gasteiger partial charge in [-0.3, -0.25) is 4.79 Å². The van der Waals surface area contributed by atoms with Crippen LogP contribution in [0.3, 0.4) is 0 Å². The Labute approximate surface area is 97.1 Å². The fourth-order valence-corrected chi connectivity index (χ4v) is 3.56. The van der Waals surface area contributed by atoms with Crippen molar-refractivity contribution in [1.29, 1.82) is 0 Å². The van der Waals surface area contributed by atoms with Gasteiger partial charge >= 0.3 is 0 Å². The van der Waals surface area contributed by atoms with Crippen LogP contribution in [0.2, 0.25) is 0 Å². The molecule has 1 aliphatic heterocycles. The summed E-state index contributed by atoms with van der Waals surface area (Å²) in [6.07, 6.45) is 0. The van der Waals surface area contributed by atoms with E-state index in [2.05, 4.69) is 5.32 Å². The predicted octanol–water partition coefficient (Wildman–Crippen LogP) is -0.513. The van der Waals surface area contributed by atoms with Crippen molar-refractivity contribution in [2.45, 2.75) is 19.9 Å². The van der Waals surface area contributed by atoms with Crippen LogP contribution in [0.5, 0.6) is 0 Å². The monoisotopic (exact) mass is 248 g/mol. The Morgan fingerprint density at radius 3 is 2.69 bits per heavy atom. The van der Waals surface area contributed by atoms with Gasteiger partial charge in [-0.1, -0.05) is 6.92 Å². The second-order valence-corrected chi connectivity index (χ2v) is 6.68. The first kappa shape index (κ1) is 13.4. The highest BCUT2D eigenvalue weighted by Gasteiger charge is 2.32. The number of carbonyl (C=O) groups is 1. The molecular formula is C10H20N2O3S. The van der Waals surface area contributed by atoms with Crippen molar-refractivity contribution in [3.63, 3.8) is 0 Å². The SMILES string of the molecule is CNCC(C)C(=O)N1CCS(=O)(=O)CC1C. The number of nitrogens with zero attached hydrogens (tertiary/aromatic N) is 1. The predicted molar refractivity (Wildman–Crippen MR) is 62.9 cm³/mol. The smallest absolute Gasteiger partial charge is 0.226 e. The molecule has 1 rings (SSSR count). The number of carbonyl (C=O) groups excluding carboxylic acids is 1. The third kappa shape index (κ3) is 3.18. The lowest BCUT2D eigenvalue weighted by atomic mass is 10.1. The number of rotatable bonds is 3. The fourth-order valence-electron chi connectivity index (χ4n) is 2.00. The molecule has 6 heteroatoms. The number of hydrogen-bond acceptors (Lipinski definition) is 4. The van der Waals surface area contributed by atoms with Crippen LogP contribution in [0.15, 0.2) is 0 Å². The molecule has 0 aromatic rings. The van der Waals surface area contributed by atoms with Crippen LogP contribution >= 0.6 is 0 Å². The van der Waals surface area contributed by atoms with Gasteiger partial charge in [-0.15, -0.1) is 0 Å². The molecule has 1 fully saturated rings. The van der Waals surface area contributed by atoms with Crippen molar-refractivity contribution >= 4 is 15.7 Å². The highest BCUT2D eigenvalue weighted by molar-refractivity contribution is 7.91. The minimum absolute atomic E-state index is 0.0387. The van der Waals surface area contributed by atoms with E-state index in [1.54, 1.807) is 18.9 Å². The van der Waals surface area contributed by atoms with E-state index in [0.717, 1.165) is 0 Å². The Balaban J connectivity index is 2.65. The average molecular weight is 248 g/mol. The molecule has 0 bridgehead atoms. The van der Waals surface area contributed by atoms with E-state index in [-0.39, 0.29) is 29.4 Å². The maximum absolute atomic E-state index is 12.0. The van der Waals surface area contributed by atoms with Gasteiger partial charge in [-0.2, -0.15) is 0 Å². The molecule has 1 heterocycles. The molecule has 0 radical (unpaired) electrons. The van der Waals surface area contributed by atoms with Gasteiger partial charge in [0.15, 0.2) is 9.84 Å². The normalized spacial score (nSPS) is 26.4. The first-order chi connectivity index (χ1) is 7.37. The molecule has 94 valence electrons. The molecule has 0 aliphatic carbocycles. The van der Waals surface area contributed by atoms with Gasteiger partial charge < -0.3 is 10.2 Å². The topological polar surface area (TPSA) is 66.5 Å². The van der Waals surface area contributed by atoms with Crippen molar-refractivity contribution in [3.8, 4) is 0 Å². The van der Waals surface area contributed by atoms with Crippen LogP contribution in [0.4, 0.5) is 0 Å². The first-order valence-electron chi connectivity index (χ1n) is 5.53. The number of amides is 1. The number of sulfone groups is 1. The third-order valence-electron chi connectivity index (χ3n) is 2.89. The molecule has 2 atom stereocenters. The lowest BCUT2D eigenvalue weighted by Crippen LogP contribution is -2.52. The van der Waals surface area contributed by atoms with Crippen molar-refractivity contribution in [2.75, 3.05) is 31.6 Å². The fraction of sp³-hybridized carbons (Fsp3) is 0.900. The van der Waals surface area contributed by atoms with Gasteiger partial charge in [0, 0.05) is 25.0 Å². The summed E-state index contributed by atoms with van der Waals surface area (Å²) >= 11 is 0. The Morgan fingerprint density at radius 1 is 1.56 bits per heavy atom. The quantitative estimate of drug-likeness (QED) is 0.730. The van der Waals surface area contributed by atoms with E-state index in [1.165, 1.54) is 0 Å².